The van der Waals surface area contributed by atoms with Crippen molar-refractivity contribution in [3.8, 4) is 0 Å². The zero-order valence-corrected chi connectivity index (χ0v) is 25.0. The fourth-order valence-corrected chi connectivity index (χ4v) is 5.75. The van der Waals surface area contributed by atoms with Crippen LogP contribution >= 0.6 is 0 Å². The Bertz CT molecular complexity index is 980. The highest BCUT2D eigenvalue weighted by atomic mass is 16.8. The molecule has 19 nitrogen and oxygen atoms in total. The van der Waals surface area contributed by atoms with Crippen molar-refractivity contribution in [2.45, 2.75) is 150 Å². The highest BCUT2D eigenvalue weighted by molar-refractivity contribution is 5.73. The third kappa shape index (κ3) is 7.60. The molecule has 20 atom stereocenters. The summed E-state index contributed by atoms with van der Waals surface area (Å²) >= 11 is 0. The van der Waals surface area contributed by atoms with Crippen molar-refractivity contribution in [2.24, 2.45) is 0 Å². The number of aliphatic hydroxyl groups excluding tert-OH is 10. The second-order valence-corrected chi connectivity index (χ2v) is 11.8. The molecule has 4 heterocycles. The molecule has 0 aliphatic carbocycles. The van der Waals surface area contributed by atoms with Gasteiger partial charge in [0.1, 0.15) is 79.3 Å². The smallest absolute Gasteiger partial charge is 0.217 e. The van der Waals surface area contributed by atoms with E-state index in [2.05, 4.69) is 5.32 Å². The van der Waals surface area contributed by atoms with Crippen LogP contribution in [0.4, 0.5) is 0 Å². The average molecular weight is 660 g/mol. The third-order valence-electron chi connectivity index (χ3n) is 8.49. The van der Waals surface area contributed by atoms with Crippen molar-refractivity contribution in [1.82, 2.24) is 5.32 Å². The molecule has 4 fully saturated rings. The quantitative estimate of drug-likeness (QED) is 0.115. The lowest BCUT2D eigenvalue weighted by atomic mass is 9.95. The maximum absolute atomic E-state index is 11.8. The second-order valence-electron chi connectivity index (χ2n) is 11.8. The molecule has 4 aliphatic rings. The summed E-state index contributed by atoms with van der Waals surface area (Å²) in [4.78, 5) is 11.8. The van der Waals surface area contributed by atoms with Crippen molar-refractivity contribution < 1.29 is 89.0 Å². The summed E-state index contributed by atoms with van der Waals surface area (Å²) in [5, 5.41) is 107. The highest BCUT2D eigenvalue weighted by Gasteiger charge is 2.54. The molecule has 45 heavy (non-hydrogen) atoms. The lowest BCUT2D eigenvalue weighted by Crippen LogP contribution is -2.68. The fourth-order valence-electron chi connectivity index (χ4n) is 5.75. The molecule has 19 heteroatoms. The van der Waals surface area contributed by atoms with Crippen molar-refractivity contribution in [3.63, 3.8) is 0 Å². The van der Waals surface area contributed by atoms with E-state index < -0.39 is 135 Å². The van der Waals surface area contributed by atoms with E-state index in [1.165, 1.54) is 20.8 Å². The van der Waals surface area contributed by atoms with Crippen LogP contribution in [0.2, 0.25) is 0 Å². The number of hydrogen-bond acceptors (Lipinski definition) is 18. The van der Waals surface area contributed by atoms with Crippen LogP contribution in [0, 0.1) is 0 Å². The van der Waals surface area contributed by atoms with E-state index in [0.29, 0.717) is 0 Å². The van der Waals surface area contributed by atoms with Crippen LogP contribution in [0.25, 0.3) is 0 Å². The van der Waals surface area contributed by atoms with Crippen molar-refractivity contribution in [3.05, 3.63) is 0 Å². The van der Waals surface area contributed by atoms with Gasteiger partial charge in [0.2, 0.25) is 5.91 Å². The van der Waals surface area contributed by atoms with Gasteiger partial charge < -0.3 is 89.5 Å². The number of hydrogen-bond donors (Lipinski definition) is 11. The third-order valence-corrected chi connectivity index (χ3v) is 8.49. The summed E-state index contributed by atoms with van der Waals surface area (Å²) in [5.41, 5.74) is 0. The minimum Gasteiger partial charge on any atom is -0.394 e. The summed E-state index contributed by atoms with van der Waals surface area (Å²) in [7, 11) is 0. The standard InChI is InChI=1S/C26H45NO18/c1-6-12(30)16(34)18(36)24(39-6)44-21-14(32)8(3)40-25(19(21)37)45-22-17(35)13(31)7(2)41-26(22)43-20-11(27-9(4)29)23(38)42-10(5-28)15(20)33/h6-8,10-26,28,30-38H,5H2,1-4H3,(H,27,29)/t6-,7-,8-,10+,11+,12-,13-,14-,15+,16+,17+,18+,19+,20+,21+,22+,23+,24-,25-,26-/m0/s1. The van der Waals surface area contributed by atoms with Gasteiger partial charge in [-0.3, -0.25) is 4.79 Å². The highest BCUT2D eigenvalue weighted by Crippen LogP contribution is 2.34. The Morgan fingerprint density at radius 2 is 1.07 bits per heavy atom. The zero-order valence-electron chi connectivity index (χ0n) is 25.0. The van der Waals surface area contributed by atoms with E-state index in [0.717, 1.165) is 6.92 Å². The van der Waals surface area contributed by atoms with Gasteiger partial charge in [0.25, 0.3) is 0 Å². The van der Waals surface area contributed by atoms with Crippen molar-refractivity contribution in [1.29, 1.82) is 0 Å². The predicted molar refractivity (Wildman–Crippen MR) is 141 cm³/mol. The second kappa shape index (κ2) is 14.9. The first-order chi connectivity index (χ1) is 21.1. The summed E-state index contributed by atoms with van der Waals surface area (Å²) in [6, 6.07) is -1.40. The number of nitrogens with one attached hydrogen (secondary N) is 1. The molecule has 0 aromatic heterocycles. The first-order valence-corrected chi connectivity index (χ1v) is 14.7. The molecule has 4 rings (SSSR count). The molecule has 0 radical (unpaired) electrons. The molecule has 0 unspecified atom stereocenters. The Labute approximate surface area is 257 Å². The molecule has 4 aliphatic heterocycles. The Morgan fingerprint density at radius 3 is 1.64 bits per heavy atom. The van der Waals surface area contributed by atoms with Gasteiger partial charge in [0, 0.05) is 6.92 Å². The summed E-state index contributed by atoms with van der Waals surface area (Å²) in [5.74, 6) is -0.632. The molecule has 0 spiro atoms. The number of aliphatic hydroxyl groups is 10. The zero-order chi connectivity index (χ0) is 33.5. The van der Waals surface area contributed by atoms with Crippen LogP contribution in [0.3, 0.4) is 0 Å². The Kier molecular flexibility index (Phi) is 12.1. The van der Waals surface area contributed by atoms with E-state index in [9.17, 15) is 55.9 Å². The van der Waals surface area contributed by atoms with Gasteiger partial charge in [-0.05, 0) is 20.8 Å². The van der Waals surface area contributed by atoms with Crippen LogP contribution in [-0.4, -0.2) is 186 Å². The number of amides is 1. The minimum absolute atomic E-state index is 0.632. The van der Waals surface area contributed by atoms with Gasteiger partial charge in [-0.15, -0.1) is 0 Å². The van der Waals surface area contributed by atoms with Gasteiger partial charge >= 0.3 is 0 Å². The minimum atomic E-state index is -1.86. The summed E-state index contributed by atoms with van der Waals surface area (Å²) in [6.07, 6.45) is -29.3. The van der Waals surface area contributed by atoms with Crippen molar-refractivity contribution >= 4 is 5.91 Å². The molecule has 1 amide bonds. The lowest BCUT2D eigenvalue weighted by Gasteiger charge is -2.49. The number of ether oxygens (including phenoxy) is 7. The molecular formula is C26H45NO18. The first-order valence-electron chi connectivity index (χ1n) is 14.7. The summed E-state index contributed by atoms with van der Waals surface area (Å²) < 4.78 is 39.4. The van der Waals surface area contributed by atoms with Gasteiger partial charge in [0.05, 0.1) is 24.9 Å². The summed E-state index contributed by atoms with van der Waals surface area (Å²) in [6.45, 7) is 4.59. The normalized spacial score (nSPS) is 52.8. The van der Waals surface area contributed by atoms with Crippen molar-refractivity contribution in [2.75, 3.05) is 6.61 Å². The Morgan fingerprint density at radius 1 is 0.578 bits per heavy atom. The van der Waals surface area contributed by atoms with E-state index in [-0.39, 0.29) is 0 Å². The largest absolute Gasteiger partial charge is 0.394 e. The number of carbonyl (C=O) groups is 1. The molecule has 0 aromatic rings. The van der Waals surface area contributed by atoms with Gasteiger partial charge in [-0.2, -0.15) is 0 Å². The van der Waals surface area contributed by atoms with Crippen LogP contribution in [0.1, 0.15) is 27.7 Å². The van der Waals surface area contributed by atoms with Crippen LogP contribution < -0.4 is 5.32 Å². The van der Waals surface area contributed by atoms with E-state index in [1.54, 1.807) is 0 Å². The molecule has 11 N–H and O–H groups in total. The van der Waals surface area contributed by atoms with Crippen LogP contribution in [0.5, 0.6) is 0 Å². The van der Waals surface area contributed by atoms with E-state index in [1.807, 2.05) is 0 Å². The topological polar surface area (TPSA) is 296 Å². The fraction of sp³-hybridized carbons (Fsp3) is 0.962. The van der Waals surface area contributed by atoms with Gasteiger partial charge in [-0.1, -0.05) is 0 Å². The number of rotatable bonds is 8. The average Bonchev–Trinajstić information content (AvgIpc) is 2.99. The molecular weight excluding hydrogens is 614 g/mol. The predicted octanol–water partition coefficient (Wildman–Crippen LogP) is -6.52. The Balaban J connectivity index is 1.56. The lowest BCUT2D eigenvalue weighted by molar-refractivity contribution is -0.389. The maximum atomic E-state index is 11.8. The van der Waals surface area contributed by atoms with E-state index in [4.69, 9.17) is 33.2 Å². The van der Waals surface area contributed by atoms with Gasteiger partial charge in [-0.25, -0.2) is 0 Å². The first kappa shape index (κ1) is 36.6. The molecule has 0 saturated carbocycles. The molecule has 0 aromatic carbocycles. The number of carbonyl (C=O) groups excluding carboxylic acids is 1. The maximum Gasteiger partial charge on any atom is 0.217 e. The van der Waals surface area contributed by atoms with E-state index >= 15 is 0 Å². The van der Waals surface area contributed by atoms with Gasteiger partial charge in [0.15, 0.2) is 25.2 Å². The molecule has 4 saturated heterocycles. The molecule has 262 valence electrons. The SMILES string of the molecule is CC(=O)N[C@@H]1[C@@H](O[C@@H]2O[C@@H](C)[C@H](O)[C@@H](O)[C@H]2O[C@@H]2O[C@@H](C)[C@H](O)[C@@H](O[C@@H]3O[C@@H](C)[C@H](O)[C@@H](O)[C@H]3O)[C@H]2O)[C@H](O)[C@@H](CO)O[C@H]1O. The monoisotopic (exact) mass is 659 g/mol. The van der Waals surface area contributed by atoms with Crippen LogP contribution in [0.15, 0.2) is 0 Å². The Hall–Kier alpha value is -1.21. The van der Waals surface area contributed by atoms with Crippen LogP contribution in [-0.2, 0) is 38.0 Å². The molecule has 0 bridgehead atoms.